The Hall–Kier alpha value is -3.28. The van der Waals surface area contributed by atoms with Gasteiger partial charge in [0.15, 0.2) is 0 Å². The molecule has 0 unspecified atom stereocenters. The first-order valence-electron chi connectivity index (χ1n) is 9.30. The molecule has 1 heterocycles. The molecule has 0 saturated heterocycles. The Kier molecular flexibility index (Phi) is 6.32. The normalized spacial score (nSPS) is 10.4. The highest BCUT2D eigenvalue weighted by Gasteiger charge is 2.07. The van der Waals surface area contributed by atoms with Crippen molar-refractivity contribution in [3.63, 3.8) is 0 Å². The van der Waals surface area contributed by atoms with E-state index in [-0.39, 0.29) is 0 Å². The standard InChI is InChI=1S/C22H27N5O/c1-16-5-9-18(10-6-16)24-20-15-21(27(2)3)26-22(25-20)23-14-13-17-7-11-19(28-4)12-8-17/h5-12,15H,13-14H2,1-4H3,(H2,23,24,25,26). The minimum atomic E-state index is 0.606. The molecule has 6 heteroatoms. The highest BCUT2D eigenvalue weighted by Crippen LogP contribution is 2.21. The van der Waals surface area contributed by atoms with Crippen molar-refractivity contribution in [3.05, 3.63) is 65.7 Å². The number of methoxy groups -OCH3 is 1. The van der Waals surface area contributed by atoms with Crippen molar-refractivity contribution in [2.45, 2.75) is 13.3 Å². The molecule has 0 bridgehead atoms. The van der Waals surface area contributed by atoms with Gasteiger partial charge >= 0.3 is 0 Å². The molecular weight excluding hydrogens is 350 g/mol. The van der Waals surface area contributed by atoms with E-state index in [2.05, 4.69) is 51.8 Å². The number of nitrogens with zero attached hydrogens (tertiary/aromatic N) is 3. The van der Waals surface area contributed by atoms with Gasteiger partial charge in [0.05, 0.1) is 7.11 Å². The molecule has 146 valence electrons. The Morgan fingerprint density at radius 2 is 1.68 bits per heavy atom. The van der Waals surface area contributed by atoms with Crippen LogP contribution < -0.4 is 20.3 Å². The van der Waals surface area contributed by atoms with Crippen molar-refractivity contribution in [1.29, 1.82) is 0 Å². The van der Waals surface area contributed by atoms with Crippen LogP contribution in [0.3, 0.4) is 0 Å². The van der Waals surface area contributed by atoms with Gasteiger partial charge < -0.3 is 20.3 Å². The average Bonchev–Trinajstić information content (AvgIpc) is 2.70. The Morgan fingerprint density at radius 1 is 0.964 bits per heavy atom. The third kappa shape index (κ3) is 5.36. The van der Waals surface area contributed by atoms with Crippen LogP contribution in [0.5, 0.6) is 5.75 Å². The molecule has 1 aromatic heterocycles. The summed E-state index contributed by atoms with van der Waals surface area (Å²) in [6, 6.07) is 18.3. The largest absolute Gasteiger partial charge is 0.497 e. The molecule has 3 aromatic rings. The molecule has 0 saturated carbocycles. The van der Waals surface area contributed by atoms with Crippen molar-refractivity contribution in [2.75, 3.05) is 43.3 Å². The van der Waals surface area contributed by atoms with Gasteiger partial charge in [-0.2, -0.15) is 9.97 Å². The lowest BCUT2D eigenvalue weighted by molar-refractivity contribution is 0.414. The summed E-state index contributed by atoms with van der Waals surface area (Å²) in [5.74, 6) is 3.07. The lowest BCUT2D eigenvalue weighted by atomic mass is 10.1. The molecule has 3 rings (SSSR count). The van der Waals surface area contributed by atoms with Gasteiger partial charge in [-0.15, -0.1) is 0 Å². The SMILES string of the molecule is COc1ccc(CCNc2nc(Nc3ccc(C)cc3)cc(N(C)C)n2)cc1. The molecule has 0 amide bonds. The molecule has 0 aliphatic carbocycles. The van der Waals surface area contributed by atoms with E-state index in [1.54, 1.807) is 7.11 Å². The van der Waals surface area contributed by atoms with Gasteiger partial charge in [-0.3, -0.25) is 0 Å². The molecule has 0 aliphatic rings. The minimum Gasteiger partial charge on any atom is -0.497 e. The third-order valence-electron chi connectivity index (χ3n) is 4.35. The van der Waals surface area contributed by atoms with Crippen molar-refractivity contribution in [3.8, 4) is 5.75 Å². The van der Waals surface area contributed by atoms with Crippen LogP contribution in [0, 0.1) is 6.92 Å². The summed E-state index contributed by atoms with van der Waals surface area (Å²) >= 11 is 0. The summed E-state index contributed by atoms with van der Waals surface area (Å²) in [6.45, 7) is 2.82. The fourth-order valence-electron chi connectivity index (χ4n) is 2.70. The zero-order valence-corrected chi connectivity index (χ0v) is 16.9. The Morgan fingerprint density at radius 3 is 2.32 bits per heavy atom. The summed E-state index contributed by atoms with van der Waals surface area (Å²) in [4.78, 5) is 11.2. The van der Waals surface area contributed by atoms with E-state index in [0.29, 0.717) is 5.95 Å². The zero-order chi connectivity index (χ0) is 19.9. The van der Waals surface area contributed by atoms with Crippen LogP contribution in [0.2, 0.25) is 0 Å². The molecule has 0 atom stereocenters. The van der Waals surface area contributed by atoms with Gasteiger partial charge in [0, 0.05) is 32.4 Å². The van der Waals surface area contributed by atoms with Crippen LogP contribution in [0.1, 0.15) is 11.1 Å². The Balaban J connectivity index is 1.68. The number of benzene rings is 2. The van der Waals surface area contributed by atoms with Crippen LogP contribution in [-0.4, -0.2) is 37.7 Å². The molecule has 0 fully saturated rings. The molecule has 0 spiro atoms. The number of hydrogen-bond donors (Lipinski definition) is 2. The number of anilines is 4. The van der Waals surface area contributed by atoms with Crippen LogP contribution in [0.4, 0.5) is 23.3 Å². The van der Waals surface area contributed by atoms with Crippen LogP contribution >= 0.6 is 0 Å². The maximum Gasteiger partial charge on any atom is 0.226 e. The van der Waals surface area contributed by atoms with Crippen molar-refractivity contribution < 1.29 is 4.74 Å². The Labute approximate surface area is 166 Å². The van der Waals surface area contributed by atoms with Gasteiger partial charge in [-0.1, -0.05) is 29.8 Å². The third-order valence-corrected chi connectivity index (χ3v) is 4.35. The summed E-state index contributed by atoms with van der Waals surface area (Å²) in [6.07, 6.45) is 0.875. The maximum atomic E-state index is 5.20. The predicted molar refractivity (Wildman–Crippen MR) is 116 cm³/mol. The van der Waals surface area contributed by atoms with Gasteiger partial charge in [0.1, 0.15) is 17.4 Å². The molecule has 0 aliphatic heterocycles. The minimum absolute atomic E-state index is 0.606. The van der Waals surface area contributed by atoms with E-state index < -0.39 is 0 Å². The number of aromatic nitrogens is 2. The summed E-state index contributed by atoms with van der Waals surface area (Å²) in [5, 5.41) is 6.69. The second kappa shape index (κ2) is 9.08. The fraction of sp³-hybridized carbons (Fsp3) is 0.273. The maximum absolute atomic E-state index is 5.20. The lowest BCUT2D eigenvalue weighted by Gasteiger charge is -2.15. The van der Waals surface area contributed by atoms with E-state index in [9.17, 15) is 0 Å². The summed E-state index contributed by atoms with van der Waals surface area (Å²) in [5.41, 5.74) is 3.45. The molecular formula is C22H27N5O. The number of hydrogen-bond acceptors (Lipinski definition) is 6. The highest BCUT2D eigenvalue weighted by molar-refractivity contribution is 5.61. The van der Waals surface area contributed by atoms with E-state index in [1.807, 2.05) is 49.3 Å². The molecule has 0 radical (unpaired) electrons. The van der Waals surface area contributed by atoms with Crippen LogP contribution in [-0.2, 0) is 6.42 Å². The highest BCUT2D eigenvalue weighted by atomic mass is 16.5. The van der Waals surface area contributed by atoms with Gasteiger partial charge in [0.2, 0.25) is 5.95 Å². The molecule has 28 heavy (non-hydrogen) atoms. The molecule has 2 aromatic carbocycles. The van der Waals surface area contributed by atoms with Gasteiger partial charge in [-0.25, -0.2) is 0 Å². The smallest absolute Gasteiger partial charge is 0.226 e. The van der Waals surface area contributed by atoms with E-state index in [4.69, 9.17) is 4.74 Å². The van der Waals surface area contributed by atoms with Gasteiger partial charge in [0.25, 0.3) is 0 Å². The monoisotopic (exact) mass is 377 g/mol. The Bertz CT molecular complexity index is 892. The number of ether oxygens (including phenoxy) is 1. The quantitative estimate of drug-likeness (QED) is 0.612. The first-order chi connectivity index (χ1) is 13.5. The lowest BCUT2D eigenvalue weighted by Crippen LogP contribution is -2.15. The van der Waals surface area contributed by atoms with E-state index >= 15 is 0 Å². The number of rotatable bonds is 8. The first-order valence-corrected chi connectivity index (χ1v) is 9.30. The predicted octanol–water partition coefficient (Wildman–Crippen LogP) is 4.26. The fourth-order valence-corrected chi connectivity index (χ4v) is 2.70. The van der Waals surface area contributed by atoms with Crippen molar-refractivity contribution >= 4 is 23.3 Å². The van der Waals surface area contributed by atoms with Crippen molar-refractivity contribution in [2.24, 2.45) is 0 Å². The summed E-state index contributed by atoms with van der Waals surface area (Å²) in [7, 11) is 5.62. The molecule has 2 N–H and O–H groups in total. The number of aryl methyl sites for hydroxylation is 1. The topological polar surface area (TPSA) is 62.3 Å². The zero-order valence-electron chi connectivity index (χ0n) is 16.9. The molecule has 6 nitrogen and oxygen atoms in total. The number of nitrogens with one attached hydrogen (secondary N) is 2. The van der Waals surface area contributed by atoms with E-state index in [0.717, 1.165) is 36.0 Å². The second-order valence-electron chi connectivity index (χ2n) is 6.85. The van der Waals surface area contributed by atoms with E-state index in [1.165, 1.54) is 11.1 Å². The van der Waals surface area contributed by atoms with Gasteiger partial charge in [-0.05, 0) is 43.2 Å². The second-order valence-corrected chi connectivity index (χ2v) is 6.85. The van der Waals surface area contributed by atoms with Crippen LogP contribution in [0.15, 0.2) is 54.6 Å². The average molecular weight is 377 g/mol. The van der Waals surface area contributed by atoms with Crippen molar-refractivity contribution in [1.82, 2.24) is 9.97 Å². The van der Waals surface area contributed by atoms with Crippen LogP contribution in [0.25, 0.3) is 0 Å². The first kappa shape index (κ1) is 19.5. The summed E-state index contributed by atoms with van der Waals surface area (Å²) < 4.78 is 5.20.